The van der Waals surface area contributed by atoms with Crippen molar-refractivity contribution in [3.63, 3.8) is 0 Å². The Kier molecular flexibility index (Phi) is 4.77. The fraction of sp³-hybridized carbons (Fsp3) is 0.478. The van der Waals surface area contributed by atoms with E-state index < -0.39 is 0 Å². The van der Waals surface area contributed by atoms with Crippen LogP contribution in [0.4, 0.5) is 0 Å². The maximum absolute atomic E-state index is 10.5. The topological polar surface area (TPSA) is 57.2 Å². The molecule has 0 amide bonds. The number of aromatic hydroxyl groups is 1. The molecule has 0 saturated carbocycles. The maximum Gasteiger partial charge on any atom is 0.133 e. The molecule has 0 saturated heterocycles. The van der Waals surface area contributed by atoms with Crippen molar-refractivity contribution in [1.29, 1.82) is 0 Å². The molecule has 0 aliphatic carbocycles. The smallest absolute Gasteiger partial charge is 0.133 e. The summed E-state index contributed by atoms with van der Waals surface area (Å²) in [5, 5.41) is 10.5. The zero-order chi connectivity index (χ0) is 19.9. The monoisotopic (exact) mass is 384 g/mol. The Labute approximate surface area is 166 Å². The minimum atomic E-state index is -0.183. The maximum atomic E-state index is 10.5. The van der Waals surface area contributed by atoms with E-state index in [1.165, 1.54) is 0 Å². The lowest BCUT2D eigenvalue weighted by Gasteiger charge is -2.36. The van der Waals surface area contributed by atoms with Crippen LogP contribution in [0.1, 0.15) is 49.8 Å². The number of phenols is 1. The summed E-state index contributed by atoms with van der Waals surface area (Å²) in [6.07, 6.45) is 2.62. The van der Waals surface area contributed by atoms with E-state index in [1.54, 1.807) is 13.2 Å². The van der Waals surface area contributed by atoms with E-state index in [9.17, 15) is 5.11 Å². The molecule has 2 heterocycles. The molecule has 2 aliphatic heterocycles. The lowest BCUT2D eigenvalue weighted by atomic mass is 9.85. The third kappa shape index (κ3) is 3.34. The predicted molar refractivity (Wildman–Crippen MR) is 107 cm³/mol. The molecule has 0 aromatic heterocycles. The van der Waals surface area contributed by atoms with E-state index in [2.05, 4.69) is 13.8 Å². The predicted octanol–water partition coefficient (Wildman–Crippen LogP) is 4.62. The summed E-state index contributed by atoms with van der Waals surface area (Å²) in [6.45, 7) is 7.22. The van der Waals surface area contributed by atoms with Gasteiger partial charge in [0.25, 0.3) is 0 Å². The molecule has 150 valence electrons. The van der Waals surface area contributed by atoms with Crippen molar-refractivity contribution < 1.29 is 24.1 Å². The molecule has 0 fully saturated rings. The molecule has 5 nitrogen and oxygen atoms in total. The van der Waals surface area contributed by atoms with E-state index >= 15 is 0 Å². The van der Waals surface area contributed by atoms with Gasteiger partial charge >= 0.3 is 0 Å². The van der Waals surface area contributed by atoms with Gasteiger partial charge in [0.1, 0.15) is 34.3 Å². The summed E-state index contributed by atoms with van der Waals surface area (Å²) in [6, 6.07) is 7.48. The molecule has 0 bridgehead atoms. The SMILES string of the molecule is CCOc1ccc(C2COc3c(c(OC)cc4c3CCC(C)(C)O4)C2)c(O)c1. The second-order valence-electron chi connectivity index (χ2n) is 8.09. The first-order valence-corrected chi connectivity index (χ1v) is 9.92. The molecule has 28 heavy (non-hydrogen) atoms. The van der Waals surface area contributed by atoms with Gasteiger partial charge < -0.3 is 24.1 Å². The average molecular weight is 384 g/mol. The summed E-state index contributed by atoms with van der Waals surface area (Å²) >= 11 is 0. The van der Waals surface area contributed by atoms with Crippen molar-refractivity contribution in [3.8, 4) is 28.7 Å². The van der Waals surface area contributed by atoms with E-state index in [0.29, 0.717) is 19.0 Å². The van der Waals surface area contributed by atoms with Gasteiger partial charge in [-0.2, -0.15) is 0 Å². The zero-order valence-electron chi connectivity index (χ0n) is 17.0. The number of hydrogen-bond acceptors (Lipinski definition) is 5. The van der Waals surface area contributed by atoms with Crippen molar-refractivity contribution in [2.24, 2.45) is 0 Å². The van der Waals surface area contributed by atoms with Gasteiger partial charge in [-0.3, -0.25) is 0 Å². The number of benzene rings is 2. The van der Waals surface area contributed by atoms with Crippen LogP contribution >= 0.6 is 0 Å². The summed E-state index contributed by atoms with van der Waals surface area (Å²) in [5.41, 5.74) is 2.86. The first-order chi connectivity index (χ1) is 13.4. The highest BCUT2D eigenvalue weighted by atomic mass is 16.5. The van der Waals surface area contributed by atoms with Gasteiger partial charge in [0.05, 0.1) is 20.3 Å². The summed E-state index contributed by atoms with van der Waals surface area (Å²) in [5.74, 6) is 3.50. The number of fused-ring (bicyclic) bond motifs is 3. The van der Waals surface area contributed by atoms with Crippen molar-refractivity contribution in [2.45, 2.75) is 51.6 Å². The molecule has 1 atom stereocenters. The van der Waals surface area contributed by atoms with Crippen LogP contribution in [0, 0.1) is 0 Å². The fourth-order valence-corrected chi connectivity index (χ4v) is 4.17. The Balaban J connectivity index is 1.68. The molecule has 2 aromatic carbocycles. The van der Waals surface area contributed by atoms with E-state index in [4.69, 9.17) is 18.9 Å². The van der Waals surface area contributed by atoms with E-state index in [-0.39, 0.29) is 17.3 Å². The van der Waals surface area contributed by atoms with Crippen LogP contribution in [-0.4, -0.2) is 31.0 Å². The Morgan fingerprint density at radius 2 is 2.04 bits per heavy atom. The standard InChI is InChI=1S/C23H28O5/c1-5-26-15-6-7-16(19(24)11-15)14-10-18-20(25-4)12-21-17(22(18)27-13-14)8-9-23(2,3)28-21/h6-7,11-12,14,24H,5,8-10,13H2,1-4H3. The van der Waals surface area contributed by atoms with Crippen LogP contribution in [0.15, 0.2) is 24.3 Å². The van der Waals surface area contributed by atoms with Gasteiger partial charge in [-0.05, 0) is 46.1 Å². The molecule has 1 N–H and O–H groups in total. The van der Waals surface area contributed by atoms with Gasteiger partial charge in [0.2, 0.25) is 0 Å². The first-order valence-electron chi connectivity index (χ1n) is 9.92. The van der Waals surface area contributed by atoms with Crippen molar-refractivity contribution >= 4 is 0 Å². The highest BCUT2D eigenvalue weighted by molar-refractivity contribution is 5.60. The highest BCUT2D eigenvalue weighted by Gasteiger charge is 2.34. The molecular weight excluding hydrogens is 356 g/mol. The van der Waals surface area contributed by atoms with Crippen LogP contribution in [-0.2, 0) is 12.8 Å². The molecular formula is C23H28O5. The van der Waals surface area contributed by atoms with Gasteiger partial charge in [-0.15, -0.1) is 0 Å². The Hall–Kier alpha value is -2.56. The number of hydrogen-bond donors (Lipinski definition) is 1. The molecule has 4 rings (SSSR count). The van der Waals surface area contributed by atoms with Gasteiger partial charge in [-0.1, -0.05) is 6.07 Å². The lowest BCUT2D eigenvalue weighted by Crippen LogP contribution is -2.33. The summed E-state index contributed by atoms with van der Waals surface area (Å²) < 4.78 is 23.6. The Morgan fingerprint density at radius 3 is 2.75 bits per heavy atom. The molecule has 2 aliphatic rings. The minimum Gasteiger partial charge on any atom is -0.508 e. The Morgan fingerprint density at radius 1 is 1.21 bits per heavy atom. The molecule has 2 aromatic rings. The quantitative estimate of drug-likeness (QED) is 0.833. The normalized spacial score (nSPS) is 19.6. The number of methoxy groups -OCH3 is 1. The van der Waals surface area contributed by atoms with Crippen LogP contribution in [0.25, 0.3) is 0 Å². The minimum absolute atomic E-state index is 0.0519. The first kappa shape index (κ1) is 18.8. The van der Waals surface area contributed by atoms with E-state index in [0.717, 1.165) is 53.2 Å². The van der Waals surface area contributed by atoms with Gasteiger partial charge in [0, 0.05) is 34.7 Å². The lowest BCUT2D eigenvalue weighted by molar-refractivity contribution is 0.0821. The van der Waals surface area contributed by atoms with Crippen molar-refractivity contribution in [3.05, 3.63) is 41.0 Å². The van der Waals surface area contributed by atoms with Crippen LogP contribution < -0.4 is 18.9 Å². The van der Waals surface area contributed by atoms with Crippen molar-refractivity contribution in [2.75, 3.05) is 20.3 Å². The van der Waals surface area contributed by atoms with Crippen LogP contribution in [0.5, 0.6) is 28.7 Å². The van der Waals surface area contributed by atoms with E-state index in [1.807, 2.05) is 25.1 Å². The Bertz CT molecular complexity index is 887. The summed E-state index contributed by atoms with van der Waals surface area (Å²) in [7, 11) is 1.67. The third-order valence-corrected chi connectivity index (χ3v) is 5.62. The molecule has 0 radical (unpaired) electrons. The molecule has 5 heteroatoms. The zero-order valence-corrected chi connectivity index (χ0v) is 17.0. The summed E-state index contributed by atoms with van der Waals surface area (Å²) in [4.78, 5) is 0. The number of rotatable bonds is 4. The van der Waals surface area contributed by atoms with Crippen LogP contribution in [0.2, 0.25) is 0 Å². The second kappa shape index (κ2) is 7.12. The highest BCUT2D eigenvalue weighted by Crippen LogP contribution is 2.49. The second-order valence-corrected chi connectivity index (χ2v) is 8.09. The van der Waals surface area contributed by atoms with Gasteiger partial charge in [0.15, 0.2) is 0 Å². The third-order valence-electron chi connectivity index (χ3n) is 5.62. The number of phenolic OH excluding ortho intramolecular Hbond substituents is 1. The number of ether oxygens (including phenoxy) is 4. The average Bonchev–Trinajstić information content (AvgIpc) is 2.66. The fourth-order valence-electron chi connectivity index (χ4n) is 4.17. The van der Waals surface area contributed by atoms with Crippen molar-refractivity contribution in [1.82, 2.24) is 0 Å². The molecule has 1 unspecified atom stereocenters. The molecule has 0 spiro atoms. The van der Waals surface area contributed by atoms with Gasteiger partial charge in [-0.25, -0.2) is 0 Å². The largest absolute Gasteiger partial charge is 0.508 e. The van der Waals surface area contributed by atoms with Crippen LogP contribution in [0.3, 0.4) is 0 Å².